The van der Waals surface area contributed by atoms with Gasteiger partial charge in [-0.05, 0) is 38.8 Å². The van der Waals surface area contributed by atoms with Crippen LogP contribution in [0.3, 0.4) is 0 Å². The average molecular weight is 428 g/mol. The first-order chi connectivity index (χ1) is 14.1. The summed E-state index contributed by atoms with van der Waals surface area (Å²) in [5.41, 5.74) is 5.58. The number of hydrogen-bond donors (Lipinski definition) is 6. The van der Waals surface area contributed by atoms with E-state index in [0.29, 0.717) is 25.3 Å². The number of hydrogen-bond acceptors (Lipinski definition) is 7. The highest BCUT2D eigenvalue weighted by atomic mass is 16.3. The van der Waals surface area contributed by atoms with Gasteiger partial charge >= 0.3 is 0 Å². The molecule has 1 saturated heterocycles. The number of nitrogens with one attached hydrogen (secondary N) is 4. The van der Waals surface area contributed by atoms with E-state index in [1.165, 1.54) is 6.92 Å². The van der Waals surface area contributed by atoms with Crippen LogP contribution in [-0.2, 0) is 14.4 Å². The molecule has 7 N–H and O–H groups in total. The van der Waals surface area contributed by atoms with Gasteiger partial charge in [0.2, 0.25) is 11.8 Å². The van der Waals surface area contributed by atoms with Crippen LogP contribution in [0.15, 0.2) is 0 Å². The maximum atomic E-state index is 12.8. The minimum absolute atomic E-state index is 0.125. The van der Waals surface area contributed by atoms with Crippen molar-refractivity contribution in [2.24, 2.45) is 23.5 Å². The topological polar surface area (TPSA) is 146 Å². The molecule has 2 amide bonds. The molecule has 0 aromatic carbocycles. The fraction of sp³-hybridized carbons (Fsp3) is 0.857. The molecule has 0 aromatic heterocycles. The molecule has 0 aromatic rings. The van der Waals surface area contributed by atoms with Crippen molar-refractivity contribution >= 4 is 17.6 Å². The zero-order valence-corrected chi connectivity index (χ0v) is 19.0. The van der Waals surface area contributed by atoms with E-state index >= 15 is 0 Å². The lowest BCUT2D eigenvalue weighted by molar-refractivity contribution is -0.136. The third-order valence-electron chi connectivity index (χ3n) is 5.28. The maximum Gasteiger partial charge on any atom is 0.245 e. The smallest absolute Gasteiger partial charge is 0.245 e. The Kier molecular flexibility index (Phi) is 11.5. The van der Waals surface area contributed by atoms with Crippen LogP contribution in [0.1, 0.15) is 47.5 Å². The summed E-state index contributed by atoms with van der Waals surface area (Å²) < 4.78 is 0. The van der Waals surface area contributed by atoms with E-state index in [1.54, 1.807) is 13.8 Å². The largest absolute Gasteiger partial charge is 0.391 e. The van der Waals surface area contributed by atoms with E-state index in [9.17, 15) is 19.5 Å². The molecule has 2 unspecified atom stereocenters. The molecule has 0 saturated carbocycles. The molecule has 9 nitrogen and oxygen atoms in total. The van der Waals surface area contributed by atoms with Crippen LogP contribution in [0.2, 0.25) is 0 Å². The lowest BCUT2D eigenvalue weighted by atomic mass is 9.94. The number of rotatable bonds is 12. The van der Waals surface area contributed by atoms with Gasteiger partial charge in [-0.3, -0.25) is 14.4 Å². The van der Waals surface area contributed by atoms with Crippen molar-refractivity contribution in [1.82, 2.24) is 21.3 Å². The van der Waals surface area contributed by atoms with Crippen LogP contribution in [0.5, 0.6) is 0 Å². The highest BCUT2D eigenvalue weighted by Gasteiger charge is 2.33. The first-order valence-electron chi connectivity index (χ1n) is 11.0. The molecule has 1 heterocycles. The Morgan fingerprint density at radius 1 is 1.10 bits per heavy atom. The maximum absolute atomic E-state index is 12.8. The molecule has 5 atom stereocenters. The first kappa shape index (κ1) is 26.5. The van der Waals surface area contributed by atoms with Crippen molar-refractivity contribution < 1.29 is 19.5 Å². The van der Waals surface area contributed by atoms with Crippen molar-refractivity contribution in [2.75, 3.05) is 26.2 Å². The van der Waals surface area contributed by atoms with Crippen LogP contribution in [0, 0.1) is 17.8 Å². The summed E-state index contributed by atoms with van der Waals surface area (Å²) >= 11 is 0. The van der Waals surface area contributed by atoms with Crippen molar-refractivity contribution in [2.45, 2.75) is 71.7 Å². The lowest BCUT2D eigenvalue weighted by Gasteiger charge is -2.32. The number of Topliss-reactive ketones (excluding diaryl/α,β-unsaturated/α-hetero) is 1. The number of aliphatic hydroxyl groups is 1. The number of carbonyl (C=O) groups excluding carboxylic acids is 3. The number of ketones is 1. The van der Waals surface area contributed by atoms with Gasteiger partial charge in [-0.15, -0.1) is 0 Å². The third-order valence-corrected chi connectivity index (χ3v) is 5.28. The summed E-state index contributed by atoms with van der Waals surface area (Å²) in [5, 5.41) is 22.1. The molecule has 9 heteroatoms. The van der Waals surface area contributed by atoms with E-state index in [1.807, 2.05) is 0 Å². The summed E-state index contributed by atoms with van der Waals surface area (Å²) in [4.78, 5) is 37.9. The zero-order chi connectivity index (χ0) is 22.8. The monoisotopic (exact) mass is 427 g/mol. The van der Waals surface area contributed by atoms with Gasteiger partial charge in [-0.25, -0.2) is 0 Å². The molecule has 30 heavy (non-hydrogen) atoms. The van der Waals surface area contributed by atoms with E-state index in [4.69, 9.17) is 5.73 Å². The summed E-state index contributed by atoms with van der Waals surface area (Å²) in [7, 11) is 0. The van der Waals surface area contributed by atoms with Crippen LogP contribution in [0.25, 0.3) is 0 Å². The number of amides is 2. The molecular weight excluding hydrogens is 386 g/mol. The Morgan fingerprint density at radius 3 is 2.30 bits per heavy atom. The quantitative estimate of drug-likeness (QED) is 0.237. The second-order valence-corrected chi connectivity index (χ2v) is 9.01. The molecule has 1 aliphatic heterocycles. The van der Waals surface area contributed by atoms with Gasteiger partial charge in [0.25, 0.3) is 0 Å². The molecule has 0 bridgehead atoms. The summed E-state index contributed by atoms with van der Waals surface area (Å²) in [5.74, 6) is -1.05. The van der Waals surface area contributed by atoms with Gasteiger partial charge in [0.1, 0.15) is 6.04 Å². The highest BCUT2D eigenvalue weighted by Crippen LogP contribution is 2.13. The number of carbonyl (C=O) groups is 3. The molecule has 0 radical (unpaired) electrons. The van der Waals surface area contributed by atoms with E-state index in [2.05, 4.69) is 35.1 Å². The summed E-state index contributed by atoms with van der Waals surface area (Å²) in [6.07, 6.45) is -0.145. The van der Waals surface area contributed by atoms with E-state index < -0.39 is 24.1 Å². The first-order valence-corrected chi connectivity index (χ1v) is 11.0. The third kappa shape index (κ3) is 8.67. The SMILES string of the molecule is CC(C)CNC1CNCC(C(=O)N[C@H](C(=O)N[C@@H](CCN)C(=O)C(C)C)[C@H](C)O)C1. The Balaban J connectivity index is 2.74. The fourth-order valence-corrected chi connectivity index (χ4v) is 3.49. The van der Waals surface area contributed by atoms with Gasteiger partial charge in [0.15, 0.2) is 5.78 Å². The molecule has 174 valence electrons. The van der Waals surface area contributed by atoms with Crippen LogP contribution < -0.4 is 27.0 Å². The lowest BCUT2D eigenvalue weighted by Crippen LogP contribution is -2.59. The second-order valence-electron chi connectivity index (χ2n) is 9.01. The van der Waals surface area contributed by atoms with Crippen LogP contribution in [-0.4, -0.2) is 73.1 Å². The van der Waals surface area contributed by atoms with Crippen molar-refractivity contribution in [1.29, 1.82) is 0 Å². The van der Waals surface area contributed by atoms with Crippen molar-refractivity contribution in [3.8, 4) is 0 Å². The zero-order valence-electron chi connectivity index (χ0n) is 19.0. The highest BCUT2D eigenvalue weighted by molar-refractivity contribution is 5.94. The van der Waals surface area contributed by atoms with E-state index in [-0.39, 0.29) is 36.1 Å². The Hall–Kier alpha value is -1.55. The van der Waals surface area contributed by atoms with Gasteiger partial charge < -0.3 is 32.1 Å². The molecule has 1 fully saturated rings. The summed E-state index contributed by atoms with van der Waals surface area (Å²) in [6, 6.07) is -1.70. The fourth-order valence-electron chi connectivity index (χ4n) is 3.49. The van der Waals surface area contributed by atoms with Gasteiger partial charge in [-0.1, -0.05) is 27.7 Å². The average Bonchev–Trinajstić information content (AvgIpc) is 2.69. The van der Waals surface area contributed by atoms with Crippen LogP contribution in [0.4, 0.5) is 0 Å². The molecular formula is C21H41N5O4. The predicted octanol–water partition coefficient (Wildman–Crippen LogP) is -0.866. The minimum atomic E-state index is -1.14. The normalized spacial score (nSPS) is 22.4. The van der Waals surface area contributed by atoms with Crippen LogP contribution >= 0.6 is 0 Å². The van der Waals surface area contributed by atoms with Crippen molar-refractivity contribution in [3.63, 3.8) is 0 Å². The van der Waals surface area contributed by atoms with Gasteiger partial charge in [0.05, 0.1) is 18.1 Å². The standard InChI is InChI=1S/C21H41N5O4/c1-12(2)9-24-16-8-15(10-23-11-16)20(29)26-18(14(5)27)21(30)25-17(6-7-22)19(28)13(3)4/h12-18,23-24,27H,6-11,22H2,1-5H3,(H,25,30)(H,26,29)/t14-,15?,16?,17-,18-/m0/s1. The Labute approximate surface area is 180 Å². The Morgan fingerprint density at radius 2 is 1.77 bits per heavy atom. The number of piperidine rings is 1. The van der Waals surface area contributed by atoms with Crippen molar-refractivity contribution in [3.05, 3.63) is 0 Å². The second kappa shape index (κ2) is 13.0. The molecule has 1 aliphatic rings. The van der Waals surface area contributed by atoms with Gasteiger partial charge in [-0.2, -0.15) is 0 Å². The number of aliphatic hydroxyl groups excluding tert-OH is 1. The minimum Gasteiger partial charge on any atom is -0.391 e. The van der Waals surface area contributed by atoms with E-state index in [0.717, 1.165) is 13.1 Å². The van der Waals surface area contributed by atoms with Gasteiger partial charge in [0, 0.05) is 25.0 Å². The summed E-state index contributed by atoms with van der Waals surface area (Å²) in [6.45, 7) is 11.6. The predicted molar refractivity (Wildman–Crippen MR) is 117 cm³/mol. The molecule has 1 rings (SSSR count). The molecule has 0 spiro atoms. The number of nitrogens with two attached hydrogens (primary N) is 1. The Bertz CT molecular complexity index is 568. The molecule has 0 aliphatic carbocycles.